The molecule has 0 aromatic rings. The highest BCUT2D eigenvalue weighted by molar-refractivity contribution is 5.70. The number of quaternary nitrogens is 1. The molecule has 2 atom stereocenters. The largest absolute Gasteiger partial charge is 0.545 e. The molecule has 0 saturated carbocycles. The number of hydrogen-bond acceptors (Lipinski definition) is 8. The van der Waals surface area contributed by atoms with Crippen LogP contribution in [0.1, 0.15) is 213 Å². The lowest BCUT2D eigenvalue weighted by molar-refractivity contribution is -0.870. The Hall–Kier alpha value is -3.79. The molecule has 0 saturated heterocycles. The van der Waals surface area contributed by atoms with E-state index in [0.29, 0.717) is 17.4 Å². The summed E-state index contributed by atoms with van der Waals surface area (Å²) in [6.07, 6.45) is 66.5. The molecule has 9 heteroatoms. The zero-order valence-electron chi connectivity index (χ0n) is 45.4. The van der Waals surface area contributed by atoms with Gasteiger partial charge in [0.1, 0.15) is 13.2 Å². The van der Waals surface area contributed by atoms with E-state index in [0.717, 1.165) is 96.3 Å². The molecule has 400 valence electrons. The van der Waals surface area contributed by atoms with Gasteiger partial charge in [0.15, 0.2) is 12.4 Å². The molecule has 0 heterocycles. The molecular weight excluding hydrogens is 875 g/mol. The minimum absolute atomic E-state index is 0.145. The molecule has 0 aliphatic rings. The number of carboxylic acids is 1. The summed E-state index contributed by atoms with van der Waals surface area (Å²) in [7, 11) is 5.90. The number of carbonyl (C=O) groups is 3. The molecule has 0 spiro atoms. The molecule has 0 N–H and O–H groups in total. The Balaban J connectivity index is 3.96. The van der Waals surface area contributed by atoms with Gasteiger partial charge in [-0.1, -0.05) is 220 Å². The van der Waals surface area contributed by atoms with E-state index in [1.165, 1.54) is 83.5 Å². The second kappa shape index (κ2) is 51.6. The van der Waals surface area contributed by atoms with Gasteiger partial charge >= 0.3 is 11.9 Å². The first-order valence-electron chi connectivity index (χ1n) is 27.9. The van der Waals surface area contributed by atoms with Crippen molar-refractivity contribution in [1.82, 2.24) is 0 Å². The molecule has 0 aromatic heterocycles. The van der Waals surface area contributed by atoms with Gasteiger partial charge in [0.05, 0.1) is 40.3 Å². The molecule has 0 aliphatic carbocycles. The highest BCUT2D eigenvalue weighted by atomic mass is 16.7. The zero-order valence-corrected chi connectivity index (χ0v) is 45.4. The predicted molar refractivity (Wildman–Crippen MR) is 292 cm³/mol. The average molecular weight is 978 g/mol. The Morgan fingerprint density at radius 2 is 0.814 bits per heavy atom. The number of allylic oxidation sites excluding steroid dienone is 16. The summed E-state index contributed by atoms with van der Waals surface area (Å²) in [5.74, 6) is -2.30. The summed E-state index contributed by atoms with van der Waals surface area (Å²) in [5, 5.41) is 11.7. The maximum atomic E-state index is 12.8. The van der Waals surface area contributed by atoms with Crippen molar-refractivity contribution in [2.24, 2.45) is 0 Å². The van der Waals surface area contributed by atoms with Crippen molar-refractivity contribution in [3.05, 3.63) is 97.2 Å². The van der Waals surface area contributed by atoms with Gasteiger partial charge in [-0.05, 0) is 77.0 Å². The Labute approximate surface area is 429 Å². The number of hydrogen-bond donors (Lipinski definition) is 0. The van der Waals surface area contributed by atoms with Crippen LogP contribution in [0.4, 0.5) is 0 Å². The molecule has 2 unspecified atom stereocenters. The second-order valence-corrected chi connectivity index (χ2v) is 19.5. The third-order valence-electron chi connectivity index (χ3n) is 11.6. The van der Waals surface area contributed by atoms with Gasteiger partial charge in [-0.25, -0.2) is 0 Å². The van der Waals surface area contributed by atoms with Crippen LogP contribution in [0.25, 0.3) is 0 Å². The van der Waals surface area contributed by atoms with Crippen LogP contribution in [0.2, 0.25) is 0 Å². The number of likely N-dealkylation sites (N-methyl/N-ethyl adjacent to an activating group) is 1. The van der Waals surface area contributed by atoms with Gasteiger partial charge < -0.3 is 33.3 Å². The van der Waals surface area contributed by atoms with Gasteiger partial charge in [0.2, 0.25) is 0 Å². The van der Waals surface area contributed by atoms with Crippen LogP contribution in [0, 0.1) is 0 Å². The number of rotatable bonds is 50. The fraction of sp³-hybridized carbons (Fsp3) is 0.689. The molecule has 0 aliphatic heterocycles. The minimum atomic E-state index is -1.62. The van der Waals surface area contributed by atoms with Gasteiger partial charge in [0.25, 0.3) is 0 Å². The fourth-order valence-electron chi connectivity index (χ4n) is 7.32. The van der Waals surface area contributed by atoms with E-state index in [1.807, 2.05) is 21.1 Å². The van der Waals surface area contributed by atoms with Crippen molar-refractivity contribution in [2.45, 2.75) is 225 Å². The van der Waals surface area contributed by atoms with Crippen molar-refractivity contribution < 1.29 is 42.9 Å². The zero-order chi connectivity index (χ0) is 51.3. The number of aliphatic carboxylic acids is 1. The van der Waals surface area contributed by atoms with E-state index in [4.69, 9.17) is 18.9 Å². The van der Waals surface area contributed by atoms with Crippen LogP contribution < -0.4 is 5.11 Å². The average Bonchev–Trinajstić information content (AvgIpc) is 3.33. The summed E-state index contributed by atoms with van der Waals surface area (Å²) in [6, 6.07) is 0. The molecule has 9 nitrogen and oxygen atoms in total. The van der Waals surface area contributed by atoms with Crippen molar-refractivity contribution in [3.8, 4) is 0 Å². The van der Waals surface area contributed by atoms with E-state index in [1.54, 1.807) is 0 Å². The lowest BCUT2D eigenvalue weighted by atomic mass is 10.0. The Kier molecular flexibility index (Phi) is 48.8. The number of carbonyl (C=O) groups excluding carboxylic acids is 3. The number of esters is 2. The standard InChI is InChI=1S/C61H103NO8/c1-6-8-10-12-14-15-16-17-18-19-20-21-22-23-24-25-26-27-28-29-30-31-32-33-34-35-36-37-38-39-40-41-42-43-44-45-46-48-50-52-59(64)70-57(55-68-58(63)51-49-47-13-11-9-7-2)56-69-61(60(65)66)67-54-53-62(3,4)5/h8,10,14-15,17-18,20-21,23-24,26-27,29-30,32-33,57,61H,6-7,9,11-13,16,19,22,25,28,31,34-56H2,1-5H3/b10-8-,15-14-,18-17-,21-20-,24-23-,27-26-,30-29-,33-32-. The summed E-state index contributed by atoms with van der Waals surface area (Å²) in [5.41, 5.74) is 0. The third-order valence-corrected chi connectivity index (χ3v) is 11.6. The first-order chi connectivity index (χ1) is 34.1. The monoisotopic (exact) mass is 978 g/mol. The van der Waals surface area contributed by atoms with Gasteiger partial charge in [-0.15, -0.1) is 0 Å². The molecule has 0 rings (SSSR count). The highest BCUT2D eigenvalue weighted by Crippen LogP contribution is 2.15. The Morgan fingerprint density at radius 1 is 0.443 bits per heavy atom. The molecule has 0 amide bonds. The molecule has 0 bridgehead atoms. The van der Waals surface area contributed by atoms with Gasteiger partial charge in [0, 0.05) is 12.8 Å². The summed E-state index contributed by atoms with van der Waals surface area (Å²) in [4.78, 5) is 36.8. The number of nitrogens with zero attached hydrogens (tertiary/aromatic N) is 1. The SMILES string of the molecule is CC/C=C\C/C=C\C/C=C\C/C=C\C/C=C\C/C=C\C/C=C\C/C=C\CCCCCCCCCCCCCCCCC(=O)OC(COC(=O)CCCCCCCC)COC(OCC[N+](C)(C)C)C(=O)[O-]. The topological polar surface area (TPSA) is 111 Å². The minimum Gasteiger partial charge on any atom is -0.545 e. The number of carboxylic acid groups (broad SMARTS) is 1. The molecule has 0 radical (unpaired) electrons. The van der Waals surface area contributed by atoms with Gasteiger partial charge in [-0.2, -0.15) is 0 Å². The van der Waals surface area contributed by atoms with E-state index in [2.05, 4.69) is 111 Å². The predicted octanol–water partition coefficient (Wildman–Crippen LogP) is 14.8. The second-order valence-electron chi connectivity index (χ2n) is 19.5. The van der Waals surface area contributed by atoms with Crippen molar-refractivity contribution in [2.75, 3.05) is 47.5 Å². The summed E-state index contributed by atoms with van der Waals surface area (Å²) >= 11 is 0. The van der Waals surface area contributed by atoms with E-state index < -0.39 is 24.3 Å². The van der Waals surface area contributed by atoms with Crippen LogP contribution in [0.3, 0.4) is 0 Å². The summed E-state index contributed by atoms with van der Waals surface area (Å²) < 4.78 is 22.5. The van der Waals surface area contributed by atoms with Crippen molar-refractivity contribution in [1.29, 1.82) is 0 Å². The lowest BCUT2D eigenvalue weighted by Gasteiger charge is -2.26. The van der Waals surface area contributed by atoms with E-state index >= 15 is 0 Å². The van der Waals surface area contributed by atoms with E-state index in [-0.39, 0.29) is 38.6 Å². The van der Waals surface area contributed by atoms with Crippen LogP contribution >= 0.6 is 0 Å². The van der Waals surface area contributed by atoms with Gasteiger partial charge in [-0.3, -0.25) is 9.59 Å². The fourth-order valence-corrected chi connectivity index (χ4v) is 7.32. The number of ether oxygens (including phenoxy) is 4. The summed E-state index contributed by atoms with van der Waals surface area (Å²) in [6.45, 7) is 4.55. The lowest BCUT2D eigenvalue weighted by Crippen LogP contribution is -2.44. The quantitative estimate of drug-likeness (QED) is 0.0195. The normalized spacial score (nSPS) is 13.6. The Morgan fingerprint density at radius 3 is 1.21 bits per heavy atom. The smallest absolute Gasteiger partial charge is 0.306 e. The third kappa shape index (κ3) is 52.0. The van der Waals surface area contributed by atoms with Crippen LogP contribution in [0.5, 0.6) is 0 Å². The number of unbranched alkanes of at least 4 members (excludes halogenated alkanes) is 19. The maximum Gasteiger partial charge on any atom is 0.306 e. The van der Waals surface area contributed by atoms with E-state index in [9.17, 15) is 19.5 Å². The maximum absolute atomic E-state index is 12.8. The Bertz CT molecular complexity index is 1470. The molecule has 0 fully saturated rings. The van der Waals surface area contributed by atoms with Crippen molar-refractivity contribution >= 4 is 17.9 Å². The van der Waals surface area contributed by atoms with Crippen LogP contribution in [0.15, 0.2) is 97.2 Å². The van der Waals surface area contributed by atoms with Crippen LogP contribution in [-0.2, 0) is 33.3 Å². The highest BCUT2D eigenvalue weighted by Gasteiger charge is 2.22. The van der Waals surface area contributed by atoms with Crippen molar-refractivity contribution in [3.63, 3.8) is 0 Å². The van der Waals surface area contributed by atoms with Crippen LogP contribution in [-0.4, -0.2) is 82.3 Å². The molecule has 0 aromatic carbocycles. The first kappa shape index (κ1) is 66.2. The molecular formula is C61H103NO8. The first-order valence-corrected chi connectivity index (χ1v) is 27.9. The molecule has 70 heavy (non-hydrogen) atoms.